The van der Waals surface area contributed by atoms with Crippen molar-refractivity contribution >= 4 is 29.0 Å². The minimum atomic E-state index is -0.346. The fraction of sp³-hybridized carbons (Fsp3) is 0.400. The van der Waals surface area contributed by atoms with Gasteiger partial charge in [0.2, 0.25) is 17.8 Å². The minimum absolute atomic E-state index is 0.0176. The van der Waals surface area contributed by atoms with E-state index in [9.17, 15) is 14.0 Å². The predicted molar refractivity (Wildman–Crippen MR) is 110 cm³/mol. The molecule has 0 unspecified atom stereocenters. The Labute approximate surface area is 171 Å². The minimum Gasteiger partial charge on any atom is -0.341 e. The SMILES string of the molecule is CN1C(=O)Cn2c1nc1nc(N3CCC[C@@H](N)C3)n(Cc3cccc(F)c3)c1c2=O. The van der Waals surface area contributed by atoms with Crippen molar-refractivity contribution in [2.45, 2.75) is 32.0 Å². The number of imidazole rings is 1. The van der Waals surface area contributed by atoms with Crippen LogP contribution in [0.15, 0.2) is 29.1 Å². The van der Waals surface area contributed by atoms with Gasteiger partial charge in [0.05, 0.1) is 6.54 Å². The zero-order valence-electron chi connectivity index (χ0n) is 16.6. The van der Waals surface area contributed by atoms with Crippen molar-refractivity contribution in [1.29, 1.82) is 0 Å². The molecule has 5 rings (SSSR count). The zero-order valence-corrected chi connectivity index (χ0v) is 16.6. The molecule has 0 bridgehead atoms. The third kappa shape index (κ3) is 2.95. The van der Waals surface area contributed by atoms with Crippen LogP contribution in [0.2, 0.25) is 0 Å². The normalized spacial score (nSPS) is 19.0. The maximum Gasteiger partial charge on any atom is 0.281 e. The van der Waals surface area contributed by atoms with E-state index in [2.05, 4.69) is 14.9 Å². The summed E-state index contributed by atoms with van der Waals surface area (Å²) in [5, 5.41) is 0. The Morgan fingerprint density at radius 1 is 1.23 bits per heavy atom. The van der Waals surface area contributed by atoms with Gasteiger partial charge in [0, 0.05) is 26.2 Å². The van der Waals surface area contributed by atoms with Crippen LogP contribution in [0.3, 0.4) is 0 Å². The molecule has 0 saturated carbocycles. The van der Waals surface area contributed by atoms with Gasteiger partial charge in [0.15, 0.2) is 11.2 Å². The highest BCUT2D eigenvalue weighted by Gasteiger charge is 2.31. The maximum atomic E-state index is 13.8. The summed E-state index contributed by atoms with van der Waals surface area (Å²) in [6.07, 6.45) is 1.85. The molecule has 2 aliphatic heterocycles. The van der Waals surface area contributed by atoms with Gasteiger partial charge < -0.3 is 10.6 Å². The number of nitrogens with zero attached hydrogens (tertiary/aromatic N) is 6. The lowest BCUT2D eigenvalue weighted by Crippen LogP contribution is -2.44. The van der Waals surface area contributed by atoms with Crippen molar-refractivity contribution in [2.75, 3.05) is 29.9 Å². The molecule has 0 radical (unpaired) electrons. The molecule has 2 N–H and O–H groups in total. The monoisotopic (exact) mass is 411 g/mol. The third-order valence-electron chi connectivity index (χ3n) is 5.76. The van der Waals surface area contributed by atoms with Crippen molar-refractivity contribution in [2.24, 2.45) is 5.73 Å². The molecule has 1 amide bonds. The standard InChI is InChI=1S/C20H22FN7O2/c1-25-15(29)11-28-18(30)16-17(23-19(25)28)24-20(26-7-3-6-14(22)10-26)27(16)9-12-4-2-5-13(21)8-12/h2,4-5,8,14H,3,6-7,9-11,22H2,1H3/t14-/m1/s1. The largest absolute Gasteiger partial charge is 0.341 e. The van der Waals surface area contributed by atoms with Gasteiger partial charge in [-0.2, -0.15) is 9.97 Å². The number of halogens is 1. The number of hydrogen-bond acceptors (Lipinski definition) is 6. The Balaban J connectivity index is 1.71. The van der Waals surface area contributed by atoms with Crippen LogP contribution >= 0.6 is 0 Å². The van der Waals surface area contributed by atoms with Gasteiger partial charge in [-0.1, -0.05) is 12.1 Å². The molecule has 1 aromatic carbocycles. The zero-order chi connectivity index (χ0) is 21.0. The Bertz CT molecular complexity index is 1220. The Morgan fingerprint density at radius 3 is 2.80 bits per heavy atom. The highest BCUT2D eigenvalue weighted by molar-refractivity contribution is 5.95. The Kier molecular flexibility index (Phi) is 4.31. The lowest BCUT2D eigenvalue weighted by atomic mass is 10.1. The second-order valence-corrected chi connectivity index (χ2v) is 7.90. The van der Waals surface area contributed by atoms with Crippen molar-refractivity contribution in [3.05, 3.63) is 46.0 Å². The number of nitrogens with two attached hydrogens (primary N) is 1. The fourth-order valence-corrected chi connectivity index (χ4v) is 4.24. The van der Waals surface area contributed by atoms with Crippen molar-refractivity contribution in [1.82, 2.24) is 19.1 Å². The number of piperidine rings is 1. The van der Waals surface area contributed by atoms with E-state index in [0.29, 0.717) is 23.6 Å². The second kappa shape index (κ2) is 6.91. The van der Waals surface area contributed by atoms with E-state index in [-0.39, 0.29) is 48.0 Å². The highest BCUT2D eigenvalue weighted by Crippen LogP contribution is 2.26. The summed E-state index contributed by atoms with van der Waals surface area (Å²) < 4.78 is 16.9. The third-order valence-corrected chi connectivity index (χ3v) is 5.76. The molecule has 4 heterocycles. The molecular weight excluding hydrogens is 389 g/mol. The molecule has 1 atom stereocenters. The van der Waals surface area contributed by atoms with Gasteiger partial charge in [0.25, 0.3) is 5.56 Å². The van der Waals surface area contributed by atoms with E-state index in [0.717, 1.165) is 19.4 Å². The molecule has 0 spiro atoms. The molecule has 2 aromatic heterocycles. The van der Waals surface area contributed by atoms with E-state index >= 15 is 0 Å². The molecule has 2 aliphatic rings. The van der Waals surface area contributed by atoms with E-state index in [1.807, 2.05) is 0 Å². The molecule has 156 valence electrons. The van der Waals surface area contributed by atoms with Gasteiger partial charge in [-0.3, -0.25) is 23.6 Å². The number of aromatic nitrogens is 4. The average Bonchev–Trinajstić information content (AvgIpc) is 3.21. The Hall–Kier alpha value is -3.27. The number of benzene rings is 1. The average molecular weight is 411 g/mol. The topological polar surface area (TPSA) is 102 Å². The van der Waals surface area contributed by atoms with E-state index < -0.39 is 0 Å². The summed E-state index contributed by atoms with van der Waals surface area (Å²) in [6, 6.07) is 6.27. The summed E-state index contributed by atoms with van der Waals surface area (Å²) in [5.74, 6) is 0.328. The smallest absolute Gasteiger partial charge is 0.281 e. The van der Waals surface area contributed by atoms with Crippen LogP contribution in [-0.2, 0) is 17.9 Å². The molecule has 0 aliphatic carbocycles. The van der Waals surface area contributed by atoms with Crippen molar-refractivity contribution in [3.8, 4) is 0 Å². The summed E-state index contributed by atoms with van der Waals surface area (Å²) in [4.78, 5) is 38.0. The number of carbonyl (C=O) groups is 1. The van der Waals surface area contributed by atoms with Gasteiger partial charge in [-0.15, -0.1) is 0 Å². The summed E-state index contributed by atoms with van der Waals surface area (Å²) in [6.45, 7) is 1.59. The molecule has 3 aromatic rings. The van der Waals surface area contributed by atoms with Crippen LogP contribution in [0.5, 0.6) is 0 Å². The number of fused-ring (bicyclic) bond motifs is 2. The van der Waals surface area contributed by atoms with Gasteiger partial charge in [-0.05, 0) is 30.5 Å². The lowest BCUT2D eigenvalue weighted by molar-refractivity contribution is -0.117. The first-order valence-corrected chi connectivity index (χ1v) is 9.95. The van der Waals surface area contributed by atoms with Gasteiger partial charge in [0.1, 0.15) is 12.4 Å². The second-order valence-electron chi connectivity index (χ2n) is 7.90. The summed E-state index contributed by atoms with van der Waals surface area (Å²) in [5.41, 5.74) is 7.12. The van der Waals surface area contributed by atoms with Crippen LogP contribution in [0.25, 0.3) is 11.2 Å². The molecule has 30 heavy (non-hydrogen) atoms. The first-order chi connectivity index (χ1) is 14.4. The summed E-state index contributed by atoms with van der Waals surface area (Å²) in [7, 11) is 1.59. The lowest BCUT2D eigenvalue weighted by Gasteiger charge is -2.31. The van der Waals surface area contributed by atoms with Gasteiger partial charge in [-0.25, -0.2) is 4.39 Å². The fourth-order valence-electron chi connectivity index (χ4n) is 4.24. The van der Waals surface area contributed by atoms with Crippen molar-refractivity contribution < 1.29 is 9.18 Å². The molecular formula is C20H22FN7O2. The van der Waals surface area contributed by atoms with Crippen LogP contribution in [0, 0.1) is 5.82 Å². The number of amides is 1. The summed E-state index contributed by atoms with van der Waals surface area (Å²) >= 11 is 0. The van der Waals surface area contributed by atoms with E-state index in [1.165, 1.54) is 21.6 Å². The molecule has 9 nitrogen and oxygen atoms in total. The number of likely N-dealkylation sites (N-methyl/N-ethyl adjacent to an activating group) is 1. The van der Waals surface area contributed by atoms with E-state index in [1.54, 1.807) is 23.7 Å². The highest BCUT2D eigenvalue weighted by atomic mass is 19.1. The maximum absolute atomic E-state index is 13.8. The Morgan fingerprint density at radius 2 is 2.03 bits per heavy atom. The van der Waals surface area contributed by atoms with Crippen LogP contribution < -0.4 is 21.1 Å². The number of hydrogen-bond donors (Lipinski definition) is 1. The first-order valence-electron chi connectivity index (χ1n) is 9.95. The van der Waals surface area contributed by atoms with Crippen LogP contribution in [0.1, 0.15) is 18.4 Å². The quantitative estimate of drug-likeness (QED) is 0.680. The first kappa shape index (κ1) is 18.7. The van der Waals surface area contributed by atoms with Gasteiger partial charge >= 0.3 is 0 Å². The number of carbonyl (C=O) groups excluding carboxylic acids is 1. The van der Waals surface area contributed by atoms with Crippen molar-refractivity contribution in [3.63, 3.8) is 0 Å². The van der Waals surface area contributed by atoms with Crippen LogP contribution in [-0.4, -0.2) is 51.2 Å². The molecule has 10 heteroatoms. The number of rotatable bonds is 3. The molecule has 1 fully saturated rings. The predicted octanol–water partition coefficient (Wildman–Crippen LogP) is 0.684. The van der Waals surface area contributed by atoms with Crippen LogP contribution in [0.4, 0.5) is 16.3 Å². The van der Waals surface area contributed by atoms with E-state index in [4.69, 9.17) is 5.73 Å². The number of anilines is 2. The molecule has 1 saturated heterocycles.